The number of amides is 1. The van der Waals surface area contributed by atoms with Crippen molar-refractivity contribution in [3.63, 3.8) is 0 Å². The van der Waals surface area contributed by atoms with E-state index >= 15 is 0 Å². The molecule has 3 aliphatic rings. The van der Waals surface area contributed by atoms with Gasteiger partial charge in [0.05, 0.1) is 17.3 Å². The Morgan fingerprint density at radius 2 is 1.96 bits per heavy atom. The van der Waals surface area contributed by atoms with Crippen LogP contribution in [0.25, 0.3) is 0 Å². The molecular weight excluding hydrogens is 368 g/mol. The number of rotatable bonds is 5. The zero-order valence-corrected chi connectivity index (χ0v) is 17.1. The van der Waals surface area contributed by atoms with Gasteiger partial charge < -0.3 is 11.1 Å². The predicted molar refractivity (Wildman–Crippen MR) is 104 cm³/mol. The number of carbonyl (C=O) groups excluding carboxylic acids is 1. The summed E-state index contributed by atoms with van der Waals surface area (Å²) in [7, 11) is -3.15. The topological polar surface area (TPSA) is 129 Å². The Morgan fingerprint density at radius 1 is 1.22 bits per heavy atom. The van der Waals surface area contributed by atoms with Gasteiger partial charge in [-0.15, -0.1) is 0 Å². The van der Waals surface area contributed by atoms with E-state index in [9.17, 15) is 13.2 Å². The quantitative estimate of drug-likeness (QED) is 0.362. The fourth-order valence-corrected chi connectivity index (χ4v) is 6.02. The first-order valence-electron chi connectivity index (χ1n) is 9.97. The van der Waals surface area contributed by atoms with Crippen LogP contribution in [0.3, 0.4) is 0 Å². The van der Waals surface area contributed by atoms with Crippen molar-refractivity contribution < 1.29 is 13.2 Å². The van der Waals surface area contributed by atoms with Gasteiger partial charge in [-0.3, -0.25) is 25.6 Å². The van der Waals surface area contributed by atoms with Crippen LogP contribution in [0.4, 0.5) is 0 Å². The average molecular weight is 403 g/mol. The number of hydrogen-bond acceptors (Lipinski definition) is 8. The molecule has 1 saturated carbocycles. The molecule has 2 saturated heterocycles. The van der Waals surface area contributed by atoms with Crippen LogP contribution in [0.15, 0.2) is 0 Å². The first-order chi connectivity index (χ1) is 12.8. The molecule has 3 rings (SSSR count). The van der Waals surface area contributed by atoms with Crippen molar-refractivity contribution >= 4 is 15.7 Å². The van der Waals surface area contributed by atoms with Crippen molar-refractivity contribution in [3.8, 4) is 0 Å². The molecule has 6 unspecified atom stereocenters. The van der Waals surface area contributed by atoms with E-state index in [1.54, 1.807) is 0 Å². The molecule has 27 heavy (non-hydrogen) atoms. The lowest BCUT2D eigenvalue weighted by molar-refractivity contribution is -0.125. The Kier molecular flexibility index (Phi) is 6.75. The van der Waals surface area contributed by atoms with E-state index in [0.29, 0.717) is 19.0 Å². The Hall–Kier alpha value is -0.780. The fourth-order valence-electron chi connectivity index (χ4n) is 4.61. The van der Waals surface area contributed by atoms with Crippen molar-refractivity contribution in [3.05, 3.63) is 0 Å². The molecule has 0 bridgehead atoms. The summed E-state index contributed by atoms with van der Waals surface area (Å²) in [6.07, 6.45) is 4.28. The number of nitrogens with two attached hydrogens (primary N) is 1. The maximum atomic E-state index is 12.2. The third-order valence-electron chi connectivity index (χ3n) is 6.17. The Balaban J connectivity index is 1.73. The molecule has 3 fully saturated rings. The van der Waals surface area contributed by atoms with Gasteiger partial charge >= 0.3 is 0 Å². The lowest BCUT2D eigenvalue weighted by Gasteiger charge is -2.47. The van der Waals surface area contributed by atoms with Crippen molar-refractivity contribution in [2.75, 3.05) is 32.4 Å². The number of nitrogens with one attached hydrogen (secondary N) is 4. The monoisotopic (exact) mass is 402 g/mol. The summed E-state index contributed by atoms with van der Waals surface area (Å²) in [4.78, 5) is 14.3. The second-order valence-electron chi connectivity index (χ2n) is 8.18. The Labute approximate surface area is 162 Å². The van der Waals surface area contributed by atoms with Crippen LogP contribution in [0.5, 0.6) is 0 Å². The number of carbonyl (C=O) groups is 1. The van der Waals surface area contributed by atoms with E-state index in [1.807, 2.05) is 0 Å². The van der Waals surface area contributed by atoms with Gasteiger partial charge in [0.2, 0.25) is 5.91 Å². The summed E-state index contributed by atoms with van der Waals surface area (Å²) < 4.78 is 24.5. The minimum atomic E-state index is -3.15. The number of sulfone groups is 1. The molecule has 0 aromatic rings. The molecule has 1 aliphatic carbocycles. The first-order valence-corrected chi connectivity index (χ1v) is 11.9. The van der Waals surface area contributed by atoms with Crippen molar-refractivity contribution in [1.29, 1.82) is 0 Å². The minimum absolute atomic E-state index is 0.0736. The highest BCUT2D eigenvalue weighted by Crippen LogP contribution is 2.25. The minimum Gasteiger partial charge on any atom is -0.369 e. The average Bonchev–Trinajstić information content (AvgIpc) is 2.61. The van der Waals surface area contributed by atoms with Crippen molar-refractivity contribution in [2.24, 2.45) is 11.7 Å². The van der Waals surface area contributed by atoms with Gasteiger partial charge in [-0.05, 0) is 19.8 Å². The van der Waals surface area contributed by atoms with Crippen molar-refractivity contribution in [2.45, 2.75) is 62.4 Å². The third kappa shape index (κ3) is 4.99. The maximum absolute atomic E-state index is 12.2. The molecule has 2 aliphatic heterocycles. The summed E-state index contributed by atoms with van der Waals surface area (Å²) >= 11 is 0. The molecule has 9 nitrogen and oxygen atoms in total. The third-order valence-corrected chi connectivity index (χ3v) is 7.83. The summed E-state index contributed by atoms with van der Waals surface area (Å²) in [5.41, 5.74) is 5.63. The predicted octanol–water partition coefficient (Wildman–Crippen LogP) is -1.87. The van der Waals surface area contributed by atoms with Gasteiger partial charge in [-0.1, -0.05) is 12.8 Å². The molecule has 156 valence electrons. The molecule has 0 radical (unpaired) electrons. The van der Waals surface area contributed by atoms with Crippen LogP contribution in [-0.2, 0) is 14.6 Å². The van der Waals surface area contributed by atoms with Gasteiger partial charge in [0.25, 0.3) is 0 Å². The summed E-state index contributed by atoms with van der Waals surface area (Å²) in [5.74, 6) is -0.812. The highest BCUT2D eigenvalue weighted by Gasteiger charge is 2.41. The molecule has 6 atom stereocenters. The normalized spacial score (nSPS) is 39.2. The number of primary amides is 1. The van der Waals surface area contributed by atoms with Crippen LogP contribution in [0.1, 0.15) is 32.6 Å². The summed E-state index contributed by atoms with van der Waals surface area (Å²) in [5, 5.41) is 13.3. The number of nitrogens with zero attached hydrogens (tertiary/aromatic N) is 1. The molecule has 6 N–H and O–H groups in total. The highest BCUT2D eigenvalue weighted by atomic mass is 32.2. The molecule has 0 aromatic heterocycles. The molecule has 0 spiro atoms. The largest absolute Gasteiger partial charge is 0.369 e. The van der Waals surface area contributed by atoms with Crippen LogP contribution in [-0.4, -0.2) is 81.4 Å². The summed E-state index contributed by atoms with van der Waals surface area (Å²) in [6.45, 7) is 5.36. The highest BCUT2D eigenvalue weighted by molar-refractivity contribution is 7.91. The van der Waals surface area contributed by atoms with Gasteiger partial charge in [0.1, 0.15) is 6.29 Å². The van der Waals surface area contributed by atoms with E-state index in [4.69, 9.17) is 5.73 Å². The van der Waals surface area contributed by atoms with E-state index in [-0.39, 0.29) is 24.4 Å². The summed E-state index contributed by atoms with van der Waals surface area (Å²) in [6, 6.07) is 0.195. The van der Waals surface area contributed by atoms with E-state index in [0.717, 1.165) is 38.9 Å². The fraction of sp³-hybridized carbons (Fsp3) is 0.941. The van der Waals surface area contributed by atoms with Gasteiger partial charge in [-0.25, -0.2) is 8.42 Å². The zero-order valence-electron chi connectivity index (χ0n) is 16.3. The van der Waals surface area contributed by atoms with Gasteiger partial charge in [0, 0.05) is 44.5 Å². The lowest BCUT2D eigenvalue weighted by atomic mass is 9.93. The maximum Gasteiger partial charge on any atom is 0.224 e. The lowest BCUT2D eigenvalue weighted by Crippen LogP contribution is -2.74. The standard InChI is InChI=1S/C17H34N6O3S/c1-11-9-19-7-8-23(11)17-20-10-12(15(18)24)16(22-17)21-13-5-3-4-6-14(13)27(2,25)26/h11-14,16-17,19-22H,3-10H2,1-2H3,(H2,18,24). The van der Waals surface area contributed by atoms with Gasteiger partial charge in [-0.2, -0.15) is 0 Å². The number of hydrogen-bond donors (Lipinski definition) is 5. The smallest absolute Gasteiger partial charge is 0.224 e. The first kappa shape index (κ1) is 20.9. The van der Waals surface area contributed by atoms with Crippen molar-refractivity contribution in [1.82, 2.24) is 26.2 Å². The second-order valence-corrected chi connectivity index (χ2v) is 10.4. The van der Waals surface area contributed by atoms with E-state index in [2.05, 4.69) is 33.1 Å². The molecular formula is C17H34N6O3S. The Morgan fingerprint density at radius 3 is 2.63 bits per heavy atom. The van der Waals surface area contributed by atoms with Crippen LogP contribution in [0.2, 0.25) is 0 Å². The second kappa shape index (κ2) is 8.71. The SMILES string of the molecule is CC1CNCCN1C1NCC(C(N)=O)C(NC2CCCCC2S(C)(=O)=O)N1. The van der Waals surface area contributed by atoms with Crippen LogP contribution >= 0.6 is 0 Å². The molecule has 1 amide bonds. The Bertz CT molecular complexity index is 630. The van der Waals surface area contributed by atoms with E-state index in [1.165, 1.54) is 6.26 Å². The number of piperazine rings is 1. The van der Waals surface area contributed by atoms with Crippen LogP contribution < -0.4 is 27.0 Å². The van der Waals surface area contributed by atoms with E-state index < -0.39 is 21.0 Å². The molecule has 0 aromatic carbocycles. The van der Waals surface area contributed by atoms with Crippen LogP contribution in [0, 0.1) is 5.92 Å². The zero-order chi connectivity index (χ0) is 19.6. The molecule has 10 heteroatoms. The molecule has 2 heterocycles. The van der Waals surface area contributed by atoms with Gasteiger partial charge in [0.15, 0.2) is 9.84 Å².